The summed E-state index contributed by atoms with van der Waals surface area (Å²) in [5, 5.41) is 9.02. The number of phenolic OH excluding ortho intramolecular Hbond substituents is 1. The summed E-state index contributed by atoms with van der Waals surface area (Å²) in [5.74, 6) is -0.339. The lowest BCUT2D eigenvalue weighted by molar-refractivity contribution is 0.0526. The Labute approximate surface area is 84.3 Å². The molecular formula is C11H16O3. The second-order valence-electron chi connectivity index (χ2n) is 2.27. The van der Waals surface area contributed by atoms with Gasteiger partial charge in [0.15, 0.2) is 0 Å². The largest absolute Gasteiger partial charge is 0.508 e. The second-order valence-corrected chi connectivity index (χ2v) is 2.27. The summed E-state index contributed by atoms with van der Waals surface area (Å²) < 4.78 is 4.73. The summed E-state index contributed by atoms with van der Waals surface area (Å²) in [7, 11) is 0. The minimum Gasteiger partial charge on any atom is -0.508 e. The lowest BCUT2D eigenvalue weighted by Gasteiger charge is -2.00. The molecular weight excluding hydrogens is 180 g/mol. The normalized spacial score (nSPS) is 8.50. The third kappa shape index (κ3) is 3.94. The van der Waals surface area contributed by atoms with Gasteiger partial charge in [-0.25, -0.2) is 4.79 Å². The van der Waals surface area contributed by atoms with E-state index in [-0.39, 0.29) is 5.75 Å². The number of esters is 1. The molecule has 0 saturated heterocycles. The molecule has 0 saturated carbocycles. The molecule has 78 valence electrons. The van der Waals surface area contributed by atoms with Crippen molar-refractivity contribution in [2.75, 3.05) is 6.61 Å². The van der Waals surface area contributed by atoms with Crippen molar-refractivity contribution in [3.63, 3.8) is 0 Å². The van der Waals surface area contributed by atoms with Gasteiger partial charge in [-0.1, -0.05) is 19.9 Å². The van der Waals surface area contributed by atoms with Crippen molar-refractivity contribution in [3.8, 4) is 5.75 Å². The van der Waals surface area contributed by atoms with Gasteiger partial charge in [-0.2, -0.15) is 0 Å². The van der Waals surface area contributed by atoms with E-state index in [0.29, 0.717) is 12.2 Å². The molecule has 1 rings (SSSR count). The van der Waals surface area contributed by atoms with Gasteiger partial charge in [0.2, 0.25) is 0 Å². The van der Waals surface area contributed by atoms with Crippen LogP contribution in [0.3, 0.4) is 0 Å². The zero-order valence-corrected chi connectivity index (χ0v) is 8.78. The predicted molar refractivity (Wildman–Crippen MR) is 55.4 cm³/mol. The molecule has 1 aromatic carbocycles. The van der Waals surface area contributed by atoms with Gasteiger partial charge in [-0.3, -0.25) is 0 Å². The number of benzene rings is 1. The van der Waals surface area contributed by atoms with E-state index >= 15 is 0 Å². The zero-order valence-electron chi connectivity index (χ0n) is 8.78. The van der Waals surface area contributed by atoms with Crippen LogP contribution in [0, 0.1) is 0 Å². The van der Waals surface area contributed by atoms with Crippen LogP contribution in [0.25, 0.3) is 0 Å². The average molecular weight is 196 g/mol. The predicted octanol–water partition coefficient (Wildman–Crippen LogP) is 2.60. The summed E-state index contributed by atoms with van der Waals surface area (Å²) in [6.45, 7) is 6.08. The Kier molecular flexibility index (Phi) is 6.20. The molecule has 3 heteroatoms. The second kappa shape index (κ2) is 6.95. The van der Waals surface area contributed by atoms with E-state index in [2.05, 4.69) is 0 Å². The molecule has 0 heterocycles. The molecule has 0 aliphatic rings. The quantitative estimate of drug-likeness (QED) is 0.739. The van der Waals surface area contributed by atoms with Crippen molar-refractivity contribution in [2.24, 2.45) is 0 Å². The molecule has 3 nitrogen and oxygen atoms in total. The van der Waals surface area contributed by atoms with Crippen LogP contribution >= 0.6 is 0 Å². The molecule has 1 aromatic rings. The highest BCUT2D eigenvalue weighted by molar-refractivity contribution is 5.89. The standard InChI is InChI=1S/C9H10O3.C2H6/c1-2-12-9(11)7-4-3-5-8(10)6-7;1-2/h3-6,10H,2H2,1H3;1-2H3. The van der Waals surface area contributed by atoms with Crippen LogP contribution in [0.15, 0.2) is 24.3 Å². The maximum absolute atomic E-state index is 11.1. The van der Waals surface area contributed by atoms with Crippen LogP contribution in [0.4, 0.5) is 0 Å². The highest BCUT2D eigenvalue weighted by atomic mass is 16.5. The summed E-state index contributed by atoms with van der Waals surface area (Å²) in [6, 6.07) is 6.07. The molecule has 0 spiro atoms. The van der Waals surface area contributed by atoms with Crippen LogP contribution in [-0.2, 0) is 4.74 Å². The Morgan fingerprint density at radius 3 is 2.57 bits per heavy atom. The Morgan fingerprint density at radius 1 is 1.43 bits per heavy atom. The summed E-state index contributed by atoms with van der Waals surface area (Å²) in [5.41, 5.74) is 0.372. The molecule has 0 bridgehead atoms. The van der Waals surface area contributed by atoms with Crippen LogP contribution < -0.4 is 0 Å². The highest BCUT2D eigenvalue weighted by Gasteiger charge is 2.05. The number of ether oxygens (including phenoxy) is 1. The van der Waals surface area contributed by atoms with Gasteiger partial charge in [-0.05, 0) is 25.1 Å². The van der Waals surface area contributed by atoms with Crippen molar-refractivity contribution in [1.29, 1.82) is 0 Å². The molecule has 0 aliphatic heterocycles. The number of hydrogen-bond donors (Lipinski definition) is 1. The monoisotopic (exact) mass is 196 g/mol. The number of carbonyl (C=O) groups excluding carboxylic acids is 1. The maximum atomic E-state index is 11.1. The Balaban J connectivity index is 0.000000791. The van der Waals surface area contributed by atoms with E-state index in [4.69, 9.17) is 9.84 Å². The minimum atomic E-state index is -0.409. The Hall–Kier alpha value is -1.51. The first-order valence-electron chi connectivity index (χ1n) is 4.70. The lowest BCUT2D eigenvalue weighted by Crippen LogP contribution is -2.03. The van der Waals surface area contributed by atoms with Crippen molar-refractivity contribution in [1.82, 2.24) is 0 Å². The fourth-order valence-electron chi connectivity index (χ4n) is 0.847. The third-order valence-electron chi connectivity index (χ3n) is 1.36. The first-order valence-corrected chi connectivity index (χ1v) is 4.70. The van der Waals surface area contributed by atoms with Gasteiger partial charge in [-0.15, -0.1) is 0 Å². The van der Waals surface area contributed by atoms with Gasteiger partial charge in [0.05, 0.1) is 12.2 Å². The molecule has 0 aromatic heterocycles. The zero-order chi connectivity index (χ0) is 11.0. The smallest absolute Gasteiger partial charge is 0.338 e. The van der Waals surface area contributed by atoms with Crippen LogP contribution in [0.1, 0.15) is 31.1 Å². The van der Waals surface area contributed by atoms with Gasteiger partial charge in [0, 0.05) is 0 Å². The molecule has 0 aliphatic carbocycles. The first-order chi connectivity index (χ1) is 6.74. The van der Waals surface area contributed by atoms with Crippen molar-refractivity contribution in [2.45, 2.75) is 20.8 Å². The van der Waals surface area contributed by atoms with Gasteiger partial charge in [0.25, 0.3) is 0 Å². The fraction of sp³-hybridized carbons (Fsp3) is 0.364. The third-order valence-corrected chi connectivity index (χ3v) is 1.36. The van der Waals surface area contributed by atoms with Gasteiger partial charge >= 0.3 is 5.97 Å². The van der Waals surface area contributed by atoms with E-state index < -0.39 is 5.97 Å². The highest BCUT2D eigenvalue weighted by Crippen LogP contribution is 2.11. The SMILES string of the molecule is CC.CCOC(=O)c1cccc(O)c1. The minimum absolute atomic E-state index is 0.0700. The van der Waals surface area contributed by atoms with Gasteiger partial charge in [0.1, 0.15) is 5.75 Å². The van der Waals surface area contributed by atoms with E-state index in [1.807, 2.05) is 13.8 Å². The van der Waals surface area contributed by atoms with Crippen LogP contribution in [0.2, 0.25) is 0 Å². The van der Waals surface area contributed by atoms with Crippen molar-refractivity contribution in [3.05, 3.63) is 29.8 Å². The number of rotatable bonds is 2. The molecule has 0 atom stereocenters. The lowest BCUT2D eigenvalue weighted by atomic mass is 10.2. The molecule has 0 fully saturated rings. The van der Waals surface area contributed by atoms with E-state index in [1.54, 1.807) is 19.1 Å². The van der Waals surface area contributed by atoms with E-state index in [9.17, 15) is 4.79 Å². The fourth-order valence-corrected chi connectivity index (χ4v) is 0.847. The van der Waals surface area contributed by atoms with Crippen molar-refractivity contribution < 1.29 is 14.6 Å². The van der Waals surface area contributed by atoms with Gasteiger partial charge < -0.3 is 9.84 Å². The van der Waals surface area contributed by atoms with Crippen LogP contribution in [-0.4, -0.2) is 17.7 Å². The topological polar surface area (TPSA) is 46.5 Å². The molecule has 1 N–H and O–H groups in total. The Morgan fingerprint density at radius 2 is 2.07 bits per heavy atom. The summed E-state index contributed by atoms with van der Waals surface area (Å²) in [6.07, 6.45) is 0. The summed E-state index contributed by atoms with van der Waals surface area (Å²) >= 11 is 0. The number of carbonyl (C=O) groups is 1. The summed E-state index contributed by atoms with van der Waals surface area (Å²) in [4.78, 5) is 11.1. The molecule has 0 amide bonds. The number of aromatic hydroxyl groups is 1. The van der Waals surface area contributed by atoms with E-state index in [0.717, 1.165) is 0 Å². The molecule has 0 unspecified atom stereocenters. The number of hydrogen-bond acceptors (Lipinski definition) is 3. The average Bonchev–Trinajstić information content (AvgIpc) is 2.21. The molecule has 14 heavy (non-hydrogen) atoms. The first kappa shape index (κ1) is 12.5. The number of phenols is 1. The van der Waals surface area contributed by atoms with Crippen molar-refractivity contribution >= 4 is 5.97 Å². The van der Waals surface area contributed by atoms with E-state index in [1.165, 1.54) is 12.1 Å². The maximum Gasteiger partial charge on any atom is 0.338 e. The van der Waals surface area contributed by atoms with Crippen LogP contribution in [0.5, 0.6) is 5.75 Å². The Bertz CT molecular complexity index is 282. The molecule has 0 radical (unpaired) electrons.